The Balaban J connectivity index is 1.87. The fourth-order valence-corrected chi connectivity index (χ4v) is 2.56. The summed E-state index contributed by atoms with van der Waals surface area (Å²) in [6.07, 6.45) is -1.50. The molecule has 2 aliphatic heterocycles. The first-order valence-corrected chi connectivity index (χ1v) is 6.71. The van der Waals surface area contributed by atoms with E-state index in [-0.39, 0.29) is 18.7 Å². The van der Waals surface area contributed by atoms with Crippen molar-refractivity contribution in [2.45, 2.75) is 19.3 Å². The van der Waals surface area contributed by atoms with E-state index in [1.54, 1.807) is 9.80 Å². The summed E-state index contributed by atoms with van der Waals surface area (Å²) < 4.78 is 24.0. The number of alkyl halides is 1. The van der Waals surface area contributed by atoms with E-state index in [2.05, 4.69) is 0 Å². The number of rotatable bonds is 2. The van der Waals surface area contributed by atoms with Gasteiger partial charge < -0.3 is 14.4 Å². The highest BCUT2D eigenvalue weighted by Crippen LogP contribution is 2.29. The summed E-state index contributed by atoms with van der Waals surface area (Å²) >= 11 is 0. The molecule has 0 bridgehead atoms. The molecule has 20 heavy (non-hydrogen) atoms. The van der Waals surface area contributed by atoms with E-state index in [0.29, 0.717) is 19.8 Å². The van der Waals surface area contributed by atoms with Gasteiger partial charge in [-0.2, -0.15) is 0 Å². The highest BCUT2D eigenvalue weighted by atomic mass is 19.1. The normalized spacial score (nSPS) is 26.8. The van der Waals surface area contributed by atoms with E-state index >= 15 is 0 Å². The molecule has 2 aliphatic rings. The van der Waals surface area contributed by atoms with E-state index in [1.807, 2.05) is 31.2 Å². The Kier molecular flexibility index (Phi) is 3.48. The highest BCUT2D eigenvalue weighted by Gasteiger charge is 2.31. The lowest BCUT2D eigenvalue weighted by molar-refractivity contribution is 0.0497. The van der Waals surface area contributed by atoms with Gasteiger partial charge >= 0.3 is 6.09 Å². The molecular formula is C14H17FN2O3. The van der Waals surface area contributed by atoms with Gasteiger partial charge in [0.2, 0.25) is 0 Å². The average Bonchev–Trinajstić information content (AvgIpc) is 2.79. The first kappa shape index (κ1) is 13.2. The number of carbonyl (C=O) groups excluding carboxylic acids is 1. The van der Waals surface area contributed by atoms with Crippen LogP contribution >= 0.6 is 0 Å². The number of ether oxygens (including phenoxy) is 2. The topological polar surface area (TPSA) is 42.0 Å². The summed E-state index contributed by atoms with van der Waals surface area (Å²) in [5, 5.41) is 0. The van der Waals surface area contributed by atoms with Gasteiger partial charge in [-0.05, 0) is 25.1 Å². The zero-order valence-electron chi connectivity index (χ0n) is 11.3. The minimum Gasteiger partial charge on any atom is -0.447 e. The summed E-state index contributed by atoms with van der Waals surface area (Å²) in [4.78, 5) is 15.0. The number of halogens is 1. The zero-order valence-corrected chi connectivity index (χ0v) is 11.3. The van der Waals surface area contributed by atoms with Crippen molar-refractivity contribution in [2.24, 2.45) is 0 Å². The number of benzene rings is 1. The van der Waals surface area contributed by atoms with Crippen molar-refractivity contribution in [2.75, 3.05) is 36.2 Å². The third-order valence-electron chi connectivity index (χ3n) is 3.60. The van der Waals surface area contributed by atoms with Crippen LogP contribution < -0.4 is 9.80 Å². The third-order valence-corrected chi connectivity index (χ3v) is 3.60. The molecule has 2 atom stereocenters. The van der Waals surface area contributed by atoms with Crippen LogP contribution in [0.3, 0.4) is 0 Å². The molecule has 0 spiro atoms. The van der Waals surface area contributed by atoms with Crippen molar-refractivity contribution in [1.82, 2.24) is 0 Å². The lowest BCUT2D eigenvalue weighted by Gasteiger charge is -2.33. The molecule has 2 saturated heterocycles. The Morgan fingerprint density at radius 2 is 2.10 bits per heavy atom. The van der Waals surface area contributed by atoms with Gasteiger partial charge in [0.05, 0.1) is 19.3 Å². The summed E-state index contributed by atoms with van der Waals surface area (Å²) in [6.45, 7) is 3.39. The summed E-state index contributed by atoms with van der Waals surface area (Å²) in [6, 6.07) is 7.31. The van der Waals surface area contributed by atoms with Crippen molar-refractivity contribution in [1.29, 1.82) is 0 Å². The predicted octanol–water partition coefficient (Wildman–Crippen LogP) is 2.16. The van der Waals surface area contributed by atoms with Crippen molar-refractivity contribution in [3.8, 4) is 0 Å². The van der Waals surface area contributed by atoms with Gasteiger partial charge in [0.1, 0.15) is 6.61 Å². The molecule has 3 rings (SSSR count). The molecule has 0 N–H and O–H groups in total. The van der Waals surface area contributed by atoms with Crippen molar-refractivity contribution < 1.29 is 18.7 Å². The summed E-state index contributed by atoms with van der Waals surface area (Å²) in [5.41, 5.74) is 1.49. The first-order valence-electron chi connectivity index (χ1n) is 6.71. The van der Waals surface area contributed by atoms with Crippen LogP contribution in [0, 0.1) is 0 Å². The highest BCUT2D eigenvalue weighted by molar-refractivity contribution is 5.90. The number of hydrogen-bond acceptors (Lipinski definition) is 4. The minimum absolute atomic E-state index is 0.0105. The second-order valence-electron chi connectivity index (χ2n) is 5.02. The number of carbonyl (C=O) groups is 1. The molecule has 0 aromatic heterocycles. The van der Waals surface area contributed by atoms with Gasteiger partial charge in [0, 0.05) is 17.9 Å². The number of cyclic esters (lactones) is 1. The standard InChI is InChI=1S/C14H17FN2O3/c1-10-8-20-14(18)17(10)12-4-2-3-11(7-12)16-5-6-19-9-13(16)15/h2-4,7,10,13H,5-6,8-9H2,1H3. The smallest absolute Gasteiger partial charge is 0.414 e. The number of nitrogens with zero attached hydrogens (tertiary/aromatic N) is 2. The number of hydrogen-bond donors (Lipinski definition) is 0. The Labute approximate surface area is 116 Å². The Morgan fingerprint density at radius 3 is 2.80 bits per heavy atom. The molecule has 2 fully saturated rings. The van der Waals surface area contributed by atoms with E-state index < -0.39 is 6.30 Å². The Bertz CT molecular complexity index is 511. The van der Waals surface area contributed by atoms with Crippen LogP contribution in [-0.4, -0.2) is 44.8 Å². The van der Waals surface area contributed by atoms with Crippen LogP contribution in [0.1, 0.15) is 6.92 Å². The third kappa shape index (κ3) is 2.31. The van der Waals surface area contributed by atoms with Gasteiger partial charge in [0.15, 0.2) is 6.30 Å². The molecule has 2 heterocycles. The second kappa shape index (κ2) is 5.28. The molecule has 108 valence electrons. The van der Waals surface area contributed by atoms with Crippen LogP contribution in [0.5, 0.6) is 0 Å². The lowest BCUT2D eigenvalue weighted by Crippen LogP contribution is -2.43. The monoisotopic (exact) mass is 280 g/mol. The van der Waals surface area contributed by atoms with Crippen LogP contribution in [0.2, 0.25) is 0 Å². The maximum Gasteiger partial charge on any atom is 0.414 e. The fraction of sp³-hybridized carbons (Fsp3) is 0.500. The number of amides is 1. The molecule has 0 radical (unpaired) electrons. The predicted molar refractivity (Wildman–Crippen MR) is 72.8 cm³/mol. The molecule has 0 saturated carbocycles. The largest absolute Gasteiger partial charge is 0.447 e. The van der Waals surface area contributed by atoms with Crippen molar-refractivity contribution in [3.05, 3.63) is 24.3 Å². The van der Waals surface area contributed by atoms with Gasteiger partial charge in [-0.25, -0.2) is 9.18 Å². The average molecular weight is 280 g/mol. The van der Waals surface area contributed by atoms with Gasteiger partial charge in [-0.1, -0.05) is 6.07 Å². The molecule has 0 aliphatic carbocycles. The minimum atomic E-state index is -1.15. The summed E-state index contributed by atoms with van der Waals surface area (Å²) in [5.74, 6) is 0. The van der Waals surface area contributed by atoms with E-state index in [9.17, 15) is 9.18 Å². The quantitative estimate of drug-likeness (QED) is 0.779. The van der Waals surface area contributed by atoms with Crippen molar-refractivity contribution >= 4 is 17.5 Å². The Hall–Kier alpha value is -1.82. The Morgan fingerprint density at radius 1 is 1.30 bits per heavy atom. The van der Waals surface area contributed by atoms with Crippen LogP contribution in [0.15, 0.2) is 24.3 Å². The fourth-order valence-electron chi connectivity index (χ4n) is 2.56. The molecule has 1 aromatic rings. The SMILES string of the molecule is CC1COC(=O)N1c1cccc(N2CCOCC2F)c1. The van der Waals surface area contributed by atoms with Gasteiger partial charge in [0.25, 0.3) is 0 Å². The van der Waals surface area contributed by atoms with Gasteiger partial charge in [-0.3, -0.25) is 4.90 Å². The number of anilines is 2. The summed E-state index contributed by atoms with van der Waals surface area (Å²) in [7, 11) is 0. The molecule has 1 amide bonds. The molecule has 2 unspecified atom stereocenters. The first-order chi connectivity index (χ1) is 9.66. The zero-order chi connectivity index (χ0) is 14.1. The van der Waals surface area contributed by atoms with E-state index in [0.717, 1.165) is 11.4 Å². The van der Waals surface area contributed by atoms with E-state index in [4.69, 9.17) is 9.47 Å². The van der Waals surface area contributed by atoms with Crippen LogP contribution in [-0.2, 0) is 9.47 Å². The van der Waals surface area contributed by atoms with Crippen LogP contribution in [0.4, 0.5) is 20.6 Å². The van der Waals surface area contributed by atoms with Gasteiger partial charge in [-0.15, -0.1) is 0 Å². The second-order valence-corrected chi connectivity index (χ2v) is 5.02. The lowest BCUT2D eigenvalue weighted by atomic mass is 10.2. The molecule has 5 nitrogen and oxygen atoms in total. The van der Waals surface area contributed by atoms with Crippen LogP contribution in [0.25, 0.3) is 0 Å². The maximum atomic E-state index is 13.9. The van der Waals surface area contributed by atoms with Crippen molar-refractivity contribution in [3.63, 3.8) is 0 Å². The molecule has 6 heteroatoms. The van der Waals surface area contributed by atoms with E-state index in [1.165, 1.54) is 0 Å². The molecule has 1 aromatic carbocycles. The molecular weight excluding hydrogens is 263 g/mol. The maximum absolute atomic E-state index is 13.9. The number of morpholine rings is 1.